The molecular formula is C9H21N3O2. The number of hydrogen-bond acceptors (Lipinski definition) is 3. The van der Waals surface area contributed by atoms with Crippen LogP contribution in [-0.4, -0.2) is 57.9 Å². The van der Waals surface area contributed by atoms with E-state index in [4.69, 9.17) is 15.2 Å². The Morgan fingerprint density at radius 3 is 2.07 bits per heavy atom. The second-order valence-corrected chi connectivity index (χ2v) is 2.81. The van der Waals surface area contributed by atoms with Crippen molar-refractivity contribution in [1.82, 2.24) is 4.90 Å². The van der Waals surface area contributed by atoms with Crippen LogP contribution in [0.25, 0.3) is 0 Å². The topological polar surface area (TPSA) is 60.1 Å². The van der Waals surface area contributed by atoms with Gasteiger partial charge in [-0.25, -0.2) is 0 Å². The summed E-state index contributed by atoms with van der Waals surface area (Å²) in [6.07, 6.45) is 0. The van der Waals surface area contributed by atoms with Gasteiger partial charge in [0.1, 0.15) is 0 Å². The maximum absolute atomic E-state index is 5.77. The third-order valence-corrected chi connectivity index (χ3v) is 1.77. The number of nitrogens with two attached hydrogens (primary N) is 1. The van der Waals surface area contributed by atoms with E-state index >= 15 is 0 Å². The predicted octanol–water partition coefficient (Wildman–Crippen LogP) is -0.0842. The molecule has 0 aliphatic rings. The maximum atomic E-state index is 5.77. The first-order chi connectivity index (χ1) is 6.76. The van der Waals surface area contributed by atoms with Gasteiger partial charge in [-0.2, -0.15) is 0 Å². The first-order valence-corrected chi connectivity index (χ1v) is 4.79. The van der Waals surface area contributed by atoms with Crippen LogP contribution in [-0.2, 0) is 9.47 Å². The lowest BCUT2D eigenvalue weighted by molar-refractivity contribution is 0.145. The molecule has 14 heavy (non-hydrogen) atoms. The highest BCUT2D eigenvalue weighted by molar-refractivity contribution is 5.78. The van der Waals surface area contributed by atoms with Crippen LogP contribution >= 0.6 is 0 Å². The average molecular weight is 203 g/mol. The number of nitrogens with zero attached hydrogens (tertiary/aromatic N) is 2. The summed E-state index contributed by atoms with van der Waals surface area (Å²) in [6.45, 7) is 5.43. The molecule has 0 amide bonds. The van der Waals surface area contributed by atoms with E-state index < -0.39 is 0 Å². The molecule has 2 N–H and O–H groups in total. The summed E-state index contributed by atoms with van der Waals surface area (Å²) in [5.41, 5.74) is 5.77. The summed E-state index contributed by atoms with van der Waals surface area (Å²) < 4.78 is 9.98. The molecule has 0 radical (unpaired) electrons. The van der Waals surface area contributed by atoms with Gasteiger partial charge < -0.3 is 20.1 Å². The Morgan fingerprint density at radius 1 is 1.21 bits per heavy atom. The molecule has 5 heteroatoms. The quantitative estimate of drug-likeness (QED) is 0.464. The van der Waals surface area contributed by atoms with Crippen molar-refractivity contribution in [3.63, 3.8) is 0 Å². The molecule has 5 nitrogen and oxygen atoms in total. The SMILES string of the molecule is CCN=C(N)N(CCOC)CCOC. The van der Waals surface area contributed by atoms with Crippen molar-refractivity contribution in [2.24, 2.45) is 10.7 Å². The summed E-state index contributed by atoms with van der Waals surface area (Å²) in [7, 11) is 3.34. The van der Waals surface area contributed by atoms with Crippen LogP contribution in [0, 0.1) is 0 Å². The van der Waals surface area contributed by atoms with Gasteiger partial charge in [-0.1, -0.05) is 0 Å². The van der Waals surface area contributed by atoms with Gasteiger partial charge in [-0.15, -0.1) is 0 Å². The zero-order valence-corrected chi connectivity index (χ0v) is 9.32. The smallest absolute Gasteiger partial charge is 0.191 e. The molecule has 0 rings (SSSR count). The van der Waals surface area contributed by atoms with Crippen molar-refractivity contribution in [3.8, 4) is 0 Å². The Bertz CT molecular complexity index is 154. The van der Waals surface area contributed by atoms with E-state index in [0.717, 1.165) is 13.1 Å². The number of methoxy groups -OCH3 is 2. The molecule has 0 saturated heterocycles. The van der Waals surface area contributed by atoms with Gasteiger partial charge in [0.15, 0.2) is 5.96 Å². The fraction of sp³-hybridized carbons (Fsp3) is 0.889. The number of rotatable bonds is 7. The highest BCUT2D eigenvalue weighted by Gasteiger charge is 2.06. The largest absolute Gasteiger partial charge is 0.383 e. The second-order valence-electron chi connectivity index (χ2n) is 2.81. The fourth-order valence-corrected chi connectivity index (χ4v) is 1.01. The van der Waals surface area contributed by atoms with Crippen LogP contribution in [0.1, 0.15) is 6.92 Å². The van der Waals surface area contributed by atoms with E-state index in [-0.39, 0.29) is 0 Å². The highest BCUT2D eigenvalue weighted by atomic mass is 16.5. The molecule has 0 atom stereocenters. The van der Waals surface area contributed by atoms with Crippen molar-refractivity contribution in [2.75, 3.05) is 47.1 Å². The standard InChI is InChI=1S/C9H21N3O2/c1-4-11-9(10)12(5-7-13-2)6-8-14-3/h4-8H2,1-3H3,(H2,10,11). The summed E-state index contributed by atoms with van der Waals surface area (Å²) in [6, 6.07) is 0. The molecule has 0 aliphatic heterocycles. The molecule has 0 saturated carbocycles. The summed E-state index contributed by atoms with van der Waals surface area (Å²) >= 11 is 0. The molecule has 0 unspecified atom stereocenters. The molecule has 0 fully saturated rings. The van der Waals surface area contributed by atoms with Gasteiger partial charge in [0.2, 0.25) is 0 Å². The lowest BCUT2D eigenvalue weighted by Gasteiger charge is -2.22. The molecule has 0 bridgehead atoms. The third-order valence-electron chi connectivity index (χ3n) is 1.77. The van der Waals surface area contributed by atoms with E-state index in [2.05, 4.69) is 4.99 Å². The normalized spacial score (nSPS) is 11.8. The Labute approximate surface area is 85.9 Å². The van der Waals surface area contributed by atoms with Gasteiger partial charge in [-0.3, -0.25) is 4.99 Å². The summed E-state index contributed by atoms with van der Waals surface area (Å²) in [5, 5.41) is 0. The van der Waals surface area contributed by atoms with Gasteiger partial charge in [0.05, 0.1) is 13.2 Å². The maximum Gasteiger partial charge on any atom is 0.191 e. The summed E-state index contributed by atoms with van der Waals surface area (Å²) in [5.74, 6) is 0.557. The molecule has 0 aromatic carbocycles. The van der Waals surface area contributed by atoms with Crippen molar-refractivity contribution < 1.29 is 9.47 Å². The molecule has 0 spiro atoms. The van der Waals surface area contributed by atoms with E-state index in [9.17, 15) is 0 Å². The van der Waals surface area contributed by atoms with Gasteiger partial charge in [0, 0.05) is 33.9 Å². The fourth-order valence-electron chi connectivity index (χ4n) is 1.01. The van der Waals surface area contributed by atoms with Gasteiger partial charge >= 0.3 is 0 Å². The number of guanidine groups is 1. The minimum Gasteiger partial charge on any atom is -0.383 e. The Balaban J connectivity index is 4.01. The van der Waals surface area contributed by atoms with Gasteiger partial charge in [0.25, 0.3) is 0 Å². The Kier molecular flexibility index (Phi) is 8.27. The molecule has 0 heterocycles. The Morgan fingerprint density at radius 2 is 1.71 bits per heavy atom. The third kappa shape index (κ3) is 5.77. The number of hydrogen-bond donors (Lipinski definition) is 1. The second kappa shape index (κ2) is 8.77. The van der Waals surface area contributed by atoms with E-state index in [1.54, 1.807) is 14.2 Å². The van der Waals surface area contributed by atoms with Crippen LogP contribution < -0.4 is 5.73 Å². The molecule has 0 aliphatic carbocycles. The number of ether oxygens (including phenoxy) is 2. The average Bonchev–Trinajstić information content (AvgIpc) is 2.18. The Hall–Kier alpha value is -0.810. The molecule has 0 aromatic rings. The van der Waals surface area contributed by atoms with Crippen LogP contribution in [0.3, 0.4) is 0 Å². The predicted molar refractivity (Wildman–Crippen MR) is 57.5 cm³/mol. The van der Waals surface area contributed by atoms with Gasteiger partial charge in [-0.05, 0) is 6.92 Å². The monoisotopic (exact) mass is 203 g/mol. The minimum absolute atomic E-state index is 0.557. The van der Waals surface area contributed by atoms with E-state index in [1.165, 1.54) is 0 Å². The highest BCUT2D eigenvalue weighted by Crippen LogP contribution is 1.89. The van der Waals surface area contributed by atoms with Crippen LogP contribution in [0.5, 0.6) is 0 Å². The van der Waals surface area contributed by atoms with Crippen LogP contribution in [0.15, 0.2) is 4.99 Å². The van der Waals surface area contributed by atoms with Crippen molar-refractivity contribution in [2.45, 2.75) is 6.92 Å². The zero-order chi connectivity index (χ0) is 10.8. The molecule has 0 aromatic heterocycles. The minimum atomic E-state index is 0.557. The summed E-state index contributed by atoms with van der Waals surface area (Å²) in [4.78, 5) is 6.09. The van der Waals surface area contributed by atoms with E-state index in [0.29, 0.717) is 25.7 Å². The lowest BCUT2D eigenvalue weighted by Crippen LogP contribution is -2.41. The molecule has 84 valence electrons. The van der Waals surface area contributed by atoms with Crippen molar-refractivity contribution in [1.29, 1.82) is 0 Å². The van der Waals surface area contributed by atoms with Crippen LogP contribution in [0.2, 0.25) is 0 Å². The van der Waals surface area contributed by atoms with Crippen molar-refractivity contribution >= 4 is 5.96 Å². The first kappa shape index (κ1) is 13.2. The first-order valence-electron chi connectivity index (χ1n) is 4.79. The molecular weight excluding hydrogens is 182 g/mol. The van der Waals surface area contributed by atoms with Crippen LogP contribution in [0.4, 0.5) is 0 Å². The zero-order valence-electron chi connectivity index (χ0n) is 9.32. The number of aliphatic imine (C=N–C) groups is 1. The van der Waals surface area contributed by atoms with Crippen molar-refractivity contribution in [3.05, 3.63) is 0 Å². The van der Waals surface area contributed by atoms with E-state index in [1.807, 2.05) is 11.8 Å². The lowest BCUT2D eigenvalue weighted by atomic mass is 10.5.